The zero-order valence-electron chi connectivity index (χ0n) is 10.7. The molecule has 4 nitrogen and oxygen atoms in total. The Balaban J connectivity index is 2.05. The van der Waals surface area contributed by atoms with E-state index in [1.54, 1.807) is 12.1 Å². The van der Waals surface area contributed by atoms with Crippen LogP contribution in [-0.2, 0) is 4.79 Å². The Labute approximate surface area is 117 Å². The molecule has 1 saturated carbocycles. The maximum Gasteiger partial charge on any atom is 0.227 e. The lowest BCUT2D eigenvalue weighted by Gasteiger charge is -2.29. The van der Waals surface area contributed by atoms with Crippen molar-refractivity contribution in [2.24, 2.45) is 17.6 Å². The minimum absolute atomic E-state index is 0.00286. The Kier molecular flexibility index (Phi) is 4.66. The molecular weight excluding hydrogens is 264 g/mol. The summed E-state index contributed by atoms with van der Waals surface area (Å²) in [7, 11) is 0. The molecule has 0 radical (unpaired) electrons. The SMILES string of the molecule is NCC1CCCCC1C(=O)Nc1ccc(O)c(Cl)c1. The molecule has 2 rings (SSSR count). The molecule has 104 valence electrons. The molecule has 0 aliphatic heterocycles. The molecule has 0 spiro atoms. The van der Waals surface area contributed by atoms with Crippen molar-refractivity contribution >= 4 is 23.2 Å². The van der Waals surface area contributed by atoms with E-state index in [0.29, 0.717) is 12.2 Å². The zero-order valence-corrected chi connectivity index (χ0v) is 11.5. The van der Waals surface area contributed by atoms with Crippen LogP contribution in [0.4, 0.5) is 5.69 Å². The van der Waals surface area contributed by atoms with E-state index < -0.39 is 0 Å². The summed E-state index contributed by atoms with van der Waals surface area (Å²) in [6, 6.07) is 4.66. The highest BCUT2D eigenvalue weighted by Crippen LogP contribution is 2.31. The summed E-state index contributed by atoms with van der Waals surface area (Å²) >= 11 is 5.82. The molecule has 2 atom stereocenters. The quantitative estimate of drug-likeness (QED) is 0.746. The van der Waals surface area contributed by atoms with Crippen LogP contribution < -0.4 is 11.1 Å². The topological polar surface area (TPSA) is 75.4 Å². The third-order valence-corrected chi connectivity index (χ3v) is 4.07. The van der Waals surface area contributed by atoms with Crippen molar-refractivity contribution in [1.29, 1.82) is 0 Å². The second-order valence-electron chi connectivity index (χ2n) is 5.04. The molecular formula is C14H19ClN2O2. The molecule has 0 aromatic heterocycles. The number of benzene rings is 1. The Morgan fingerprint density at radius 1 is 1.42 bits per heavy atom. The average molecular weight is 283 g/mol. The van der Waals surface area contributed by atoms with Crippen molar-refractivity contribution in [1.82, 2.24) is 0 Å². The minimum atomic E-state index is -0.0219. The summed E-state index contributed by atoms with van der Waals surface area (Å²) in [4.78, 5) is 12.3. The van der Waals surface area contributed by atoms with Gasteiger partial charge in [0.25, 0.3) is 0 Å². The number of halogens is 1. The molecule has 0 bridgehead atoms. The Hall–Kier alpha value is -1.26. The van der Waals surface area contributed by atoms with Gasteiger partial charge in [0, 0.05) is 11.6 Å². The number of nitrogens with one attached hydrogen (secondary N) is 1. The highest BCUT2D eigenvalue weighted by atomic mass is 35.5. The van der Waals surface area contributed by atoms with E-state index in [-0.39, 0.29) is 28.5 Å². The first kappa shape index (κ1) is 14.2. The predicted molar refractivity (Wildman–Crippen MR) is 76.2 cm³/mol. The first-order chi connectivity index (χ1) is 9.11. The summed E-state index contributed by atoms with van der Waals surface area (Å²) in [5.74, 6) is 0.252. The molecule has 2 unspecified atom stereocenters. The number of phenolic OH excluding ortho intramolecular Hbond substituents is 1. The molecule has 1 amide bonds. The van der Waals surface area contributed by atoms with Crippen molar-refractivity contribution in [3.8, 4) is 5.75 Å². The molecule has 1 aliphatic carbocycles. The number of carbonyl (C=O) groups is 1. The monoisotopic (exact) mass is 282 g/mol. The fourth-order valence-electron chi connectivity index (χ4n) is 2.65. The van der Waals surface area contributed by atoms with Crippen LogP contribution in [0.3, 0.4) is 0 Å². The van der Waals surface area contributed by atoms with Gasteiger partial charge in [-0.05, 0) is 43.5 Å². The fourth-order valence-corrected chi connectivity index (χ4v) is 2.84. The zero-order chi connectivity index (χ0) is 13.8. The van der Waals surface area contributed by atoms with Crippen LogP contribution in [0.2, 0.25) is 5.02 Å². The van der Waals surface area contributed by atoms with Gasteiger partial charge in [0.15, 0.2) is 0 Å². The third kappa shape index (κ3) is 3.39. The van der Waals surface area contributed by atoms with Gasteiger partial charge < -0.3 is 16.2 Å². The molecule has 0 saturated heterocycles. The van der Waals surface area contributed by atoms with Crippen LogP contribution in [0.15, 0.2) is 18.2 Å². The van der Waals surface area contributed by atoms with Gasteiger partial charge in [0.1, 0.15) is 5.75 Å². The van der Waals surface area contributed by atoms with Crippen LogP contribution >= 0.6 is 11.6 Å². The molecule has 1 aromatic carbocycles. The normalized spacial score (nSPS) is 23.1. The summed E-state index contributed by atoms with van der Waals surface area (Å²) in [5.41, 5.74) is 6.34. The van der Waals surface area contributed by atoms with Gasteiger partial charge in [0.2, 0.25) is 5.91 Å². The molecule has 5 heteroatoms. The maximum absolute atomic E-state index is 12.3. The van der Waals surface area contributed by atoms with Gasteiger partial charge in [-0.1, -0.05) is 24.4 Å². The van der Waals surface area contributed by atoms with Crippen LogP contribution in [0.1, 0.15) is 25.7 Å². The van der Waals surface area contributed by atoms with E-state index in [0.717, 1.165) is 25.7 Å². The lowest BCUT2D eigenvalue weighted by atomic mass is 9.78. The lowest BCUT2D eigenvalue weighted by molar-refractivity contribution is -0.122. The molecule has 1 aliphatic rings. The number of aromatic hydroxyl groups is 1. The van der Waals surface area contributed by atoms with E-state index in [1.807, 2.05) is 0 Å². The Bertz CT molecular complexity index is 465. The largest absolute Gasteiger partial charge is 0.506 e. The van der Waals surface area contributed by atoms with Gasteiger partial charge in [-0.3, -0.25) is 4.79 Å². The number of rotatable bonds is 3. The van der Waals surface area contributed by atoms with E-state index in [9.17, 15) is 9.90 Å². The fraction of sp³-hybridized carbons (Fsp3) is 0.500. The van der Waals surface area contributed by atoms with Gasteiger partial charge in [-0.15, -0.1) is 0 Å². The minimum Gasteiger partial charge on any atom is -0.506 e. The van der Waals surface area contributed by atoms with Crippen molar-refractivity contribution in [2.45, 2.75) is 25.7 Å². The van der Waals surface area contributed by atoms with Crippen molar-refractivity contribution < 1.29 is 9.90 Å². The predicted octanol–water partition coefficient (Wildman–Crippen LogP) is 2.75. The third-order valence-electron chi connectivity index (χ3n) is 3.76. The van der Waals surface area contributed by atoms with E-state index in [2.05, 4.69) is 5.32 Å². The molecule has 19 heavy (non-hydrogen) atoms. The maximum atomic E-state index is 12.3. The number of hydrogen-bond donors (Lipinski definition) is 3. The van der Waals surface area contributed by atoms with Gasteiger partial charge >= 0.3 is 0 Å². The van der Waals surface area contributed by atoms with Crippen LogP contribution in [-0.4, -0.2) is 17.6 Å². The summed E-state index contributed by atoms with van der Waals surface area (Å²) in [6.07, 6.45) is 4.13. The number of anilines is 1. The first-order valence-electron chi connectivity index (χ1n) is 6.61. The highest BCUT2D eigenvalue weighted by molar-refractivity contribution is 6.32. The Morgan fingerprint density at radius 3 is 2.84 bits per heavy atom. The van der Waals surface area contributed by atoms with Crippen molar-refractivity contribution in [2.75, 3.05) is 11.9 Å². The van der Waals surface area contributed by atoms with Gasteiger partial charge in [-0.2, -0.15) is 0 Å². The first-order valence-corrected chi connectivity index (χ1v) is 6.99. The number of hydrogen-bond acceptors (Lipinski definition) is 3. The number of phenols is 1. The summed E-state index contributed by atoms with van der Waals surface area (Å²) in [5, 5.41) is 12.4. The average Bonchev–Trinajstić information content (AvgIpc) is 2.43. The van der Waals surface area contributed by atoms with Gasteiger partial charge in [-0.25, -0.2) is 0 Å². The molecule has 1 fully saturated rings. The second-order valence-corrected chi connectivity index (χ2v) is 5.45. The summed E-state index contributed by atoms with van der Waals surface area (Å²) in [6.45, 7) is 0.550. The molecule has 0 heterocycles. The lowest BCUT2D eigenvalue weighted by Crippen LogP contribution is -2.35. The number of nitrogens with two attached hydrogens (primary N) is 1. The molecule has 4 N–H and O–H groups in total. The van der Waals surface area contributed by atoms with Crippen molar-refractivity contribution in [3.05, 3.63) is 23.2 Å². The second kappa shape index (κ2) is 6.26. The van der Waals surface area contributed by atoms with Gasteiger partial charge in [0.05, 0.1) is 5.02 Å². The standard InChI is InChI=1S/C14H19ClN2O2/c15-12-7-10(5-6-13(12)18)17-14(19)11-4-2-1-3-9(11)8-16/h5-7,9,11,18H,1-4,8,16H2,(H,17,19). The molecule has 1 aromatic rings. The van der Waals surface area contributed by atoms with Crippen molar-refractivity contribution in [3.63, 3.8) is 0 Å². The number of carbonyl (C=O) groups excluding carboxylic acids is 1. The van der Waals surface area contributed by atoms with E-state index in [1.165, 1.54) is 6.07 Å². The Morgan fingerprint density at radius 2 is 2.16 bits per heavy atom. The smallest absolute Gasteiger partial charge is 0.227 e. The van der Waals surface area contributed by atoms with Crippen LogP contribution in [0.5, 0.6) is 5.75 Å². The van der Waals surface area contributed by atoms with E-state index >= 15 is 0 Å². The summed E-state index contributed by atoms with van der Waals surface area (Å²) < 4.78 is 0. The van der Waals surface area contributed by atoms with Crippen LogP contribution in [0, 0.1) is 11.8 Å². The van der Waals surface area contributed by atoms with E-state index in [4.69, 9.17) is 17.3 Å². The highest BCUT2D eigenvalue weighted by Gasteiger charge is 2.29. The van der Waals surface area contributed by atoms with Crippen LogP contribution in [0.25, 0.3) is 0 Å². The number of amides is 1.